The lowest BCUT2D eigenvalue weighted by Crippen LogP contribution is -2.24. The quantitative estimate of drug-likeness (QED) is 0.215. The second-order valence-electron chi connectivity index (χ2n) is 8.97. The minimum atomic E-state index is -4.79. The van der Waals surface area contributed by atoms with Crippen molar-refractivity contribution in [1.82, 2.24) is 24.3 Å². The molecule has 0 amide bonds. The summed E-state index contributed by atoms with van der Waals surface area (Å²) < 4.78 is 49.2. The number of methoxy groups -OCH3 is 1. The van der Waals surface area contributed by atoms with Gasteiger partial charge in [0.2, 0.25) is 5.78 Å². The predicted octanol–water partition coefficient (Wildman–Crippen LogP) is 5.43. The van der Waals surface area contributed by atoms with E-state index < -0.39 is 34.6 Å². The Hall–Kier alpha value is -4.82. The van der Waals surface area contributed by atoms with E-state index in [2.05, 4.69) is 20.4 Å². The number of pyridine rings is 1. The molecule has 0 radical (unpaired) electrons. The highest BCUT2D eigenvalue weighted by Gasteiger charge is 2.36. The molecule has 0 saturated heterocycles. The van der Waals surface area contributed by atoms with Crippen LogP contribution in [-0.4, -0.2) is 43.1 Å². The second kappa shape index (κ2) is 12.2. The van der Waals surface area contributed by atoms with Gasteiger partial charge in [0, 0.05) is 29.4 Å². The molecule has 5 rings (SSSR count). The van der Waals surface area contributed by atoms with Crippen molar-refractivity contribution in [2.45, 2.75) is 19.3 Å². The highest BCUT2D eigenvalue weighted by molar-refractivity contribution is 7.16. The first-order chi connectivity index (χ1) is 20.5. The molecule has 0 spiro atoms. The van der Waals surface area contributed by atoms with Gasteiger partial charge in [0.1, 0.15) is 17.3 Å². The number of Topliss-reactive ketones (excluding diaryl/α,β-unsaturated/α-hetero) is 1. The molecule has 15 heteroatoms. The average Bonchev–Trinajstić information content (AvgIpc) is 3.62. The van der Waals surface area contributed by atoms with Gasteiger partial charge in [0.25, 0.3) is 11.5 Å². The van der Waals surface area contributed by atoms with E-state index in [1.165, 1.54) is 61.4 Å². The Morgan fingerprint density at radius 2 is 1.91 bits per heavy atom. The smallest absolute Gasteiger partial charge is 0.417 e. The lowest BCUT2D eigenvalue weighted by atomic mass is 10.1. The van der Waals surface area contributed by atoms with Gasteiger partial charge in [-0.2, -0.15) is 23.0 Å². The summed E-state index contributed by atoms with van der Waals surface area (Å²) in [5.74, 6) is -1.34. The van der Waals surface area contributed by atoms with Crippen molar-refractivity contribution >= 4 is 40.4 Å². The van der Waals surface area contributed by atoms with Crippen molar-refractivity contribution in [3.05, 3.63) is 110 Å². The molecule has 0 aliphatic carbocycles. The fraction of sp³-hybridized carbons (Fsp3) is 0.143. The van der Waals surface area contributed by atoms with Crippen molar-refractivity contribution in [2.75, 3.05) is 12.4 Å². The number of thiophene rings is 1. The molecule has 0 atom stereocenters. The van der Waals surface area contributed by atoms with E-state index >= 15 is 0 Å². The van der Waals surface area contributed by atoms with Crippen LogP contribution in [0.4, 0.5) is 19.0 Å². The van der Waals surface area contributed by atoms with E-state index in [1.54, 1.807) is 12.1 Å². The van der Waals surface area contributed by atoms with E-state index in [4.69, 9.17) is 16.3 Å². The minimum Gasteiger partial charge on any atom is -0.495 e. The number of anilines is 1. The number of hydrogen-bond acceptors (Lipinski definition) is 9. The number of nitrogens with one attached hydrogen (secondary N) is 1. The Balaban J connectivity index is 1.55. The number of nitrogens with zero attached hydrogens (tertiary/aromatic N) is 5. The molecule has 0 unspecified atom stereocenters. The van der Waals surface area contributed by atoms with E-state index in [9.17, 15) is 27.6 Å². The Labute approximate surface area is 250 Å². The Morgan fingerprint density at radius 1 is 1.12 bits per heavy atom. The lowest BCUT2D eigenvalue weighted by molar-refractivity contribution is -0.137. The molecule has 0 saturated carbocycles. The maximum atomic E-state index is 13.8. The summed E-state index contributed by atoms with van der Waals surface area (Å²) in [4.78, 5) is 47.7. The number of alkyl halides is 3. The van der Waals surface area contributed by atoms with E-state index in [-0.39, 0.29) is 41.6 Å². The highest BCUT2D eigenvalue weighted by Crippen LogP contribution is 2.34. The van der Waals surface area contributed by atoms with E-state index in [0.29, 0.717) is 4.34 Å². The van der Waals surface area contributed by atoms with Crippen LogP contribution in [0, 0.1) is 0 Å². The third kappa shape index (κ3) is 6.49. The molecular formula is C28H20ClF3N6O4S. The molecule has 10 nitrogen and oxygen atoms in total. The molecule has 0 aliphatic heterocycles. The van der Waals surface area contributed by atoms with Crippen LogP contribution in [0.25, 0.3) is 11.3 Å². The molecule has 4 heterocycles. The van der Waals surface area contributed by atoms with E-state index in [0.717, 1.165) is 32.3 Å². The number of rotatable bonds is 9. The molecule has 0 aliphatic rings. The number of carbonyl (C=O) groups excluding carboxylic acids is 2. The first-order valence-corrected chi connectivity index (χ1v) is 13.6. The normalized spacial score (nSPS) is 11.4. The Kier molecular flexibility index (Phi) is 8.41. The number of halogens is 4. The number of ketones is 1. The first-order valence-electron chi connectivity index (χ1n) is 12.4. The van der Waals surface area contributed by atoms with Gasteiger partial charge in [-0.1, -0.05) is 23.7 Å². The molecule has 4 aromatic heterocycles. The summed E-state index contributed by atoms with van der Waals surface area (Å²) in [7, 11) is 1.33. The summed E-state index contributed by atoms with van der Waals surface area (Å²) in [6.07, 6.45) is 0.541. The van der Waals surface area contributed by atoms with Gasteiger partial charge in [0.05, 0.1) is 59.3 Å². The number of hydrogen-bond donors (Lipinski definition) is 1. The van der Waals surface area contributed by atoms with Crippen LogP contribution < -0.4 is 15.6 Å². The van der Waals surface area contributed by atoms with Crippen LogP contribution in [0.3, 0.4) is 0 Å². The standard InChI is InChI=1S/C28H20ClF3N6O4S/c1-42-23-15-37(14-22(39)21-13-33-8-9-34-21)26(40)10-18(23)20-11-25(35-12-16-6-7-24(29)43-16)38(36-20)27(41)17-4-2-3-5-19(17)28(30,31)32/h2-11,13,15,35H,12,14H2,1H3. The van der Waals surface area contributed by atoms with Crippen molar-refractivity contribution in [1.29, 1.82) is 0 Å². The third-order valence-corrected chi connectivity index (χ3v) is 7.42. The van der Waals surface area contributed by atoms with Gasteiger partial charge in [-0.15, -0.1) is 11.3 Å². The zero-order valence-corrected chi connectivity index (χ0v) is 23.7. The molecule has 5 aromatic rings. The highest BCUT2D eigenvalue weighted by atomic mass is 35.5. The third-order valence-electron chi connectivity index (χ3n) is 6.19. The molecule has 1 N–H and O–H groups in total. The summed E-state index contributed by atoms with van der Waals surface area (Å²) >= 11 is 7.29. The largest absolute Gasteiger partial charge is 0.495 e. The van der Waals surface area contributed by atoms with E-state index in [1.807, 2.05) is 0 Å². The summed E-state index contributed by atoms with van der Waals surface area (Å²) in [6.45, 7) is -0.175. The van der Waals surface area contributed by atoms with Crippen LogP contribution >= 0.6 is 22.9 Å². The number of ether oxygens (including phenoxy) is 1. The number of carbonyl (C=O) groups is 2. The fourth-order valence-electron chi connectivity index (χ4n) is 4.17. The average molecular weight is 629 g/mol. The second-order valence-corrected chi connectivity index (χ2v) is 10.8. The zero-order chi connectivity index (χ0) is 30.7. The Bertz CT molecular complexity index is 1870. The van der Waals surface area contributed by atoms with Gasteiger partial charge in [0.15, 0.2) is 0 Å². The molecule has 1 aromatic carbocycles. The minimum absolute atomic E-state index is 0.0607. The van der Waals surface area contributed by atoms with Gasteiger partial charge in [-0.25, -0.2) is 4.98 Å². The van der Waals surface area contributed by atoms with Crippen LogP contribution in [0.15, 0.2) is 78.1 Å². The zero-order valence-electron chi connectivity index (χ0n) is 22.1. The fourth-order valence-corrected chi connectivity index (χ4v) is 5.19. The Morgan fingerprint density at radius 3 is 2.58 bits per heavy atom. The van der Waals surface area contributed by atoms with Gasteiger partial charge >= 0.3 is 6.18 Å². The lowest BCUT2D eigenvalue weighted by Gasteiger charge is -2.13. The predicted molar refractivity (Wildman–Crippen MR) is 153 cm³/mol. The van der Waals surface area contributed by atoms with Crippen LogP contribution in [0.1, 0.15) is 31.3 Å². The van der Waals surface area contributed by atoms with Crippen molar-refractivity contribution in [2.24, 2.45) is 0 Å². The van der Waals surface area contributed by atoms with Crippen molar-refractivity contribution in [3.63, 3.8) is 0 Å². The van der Waals surface area contributed by atoms with Gasteiger partial charge in [-0.3, -0.25) is 19.4 Å². The molecule has 0 fully saturated rings. The van der Waals surface area contributed by atoms with Crippen LogP contribution in [0.2, 0.25) is 4.34 Å². The van der Waals surface area contributed by atoms with Gasteiger partial charge in [-0.05, 0) is 24.3 Å². The monoisotopic (exact) mass is 628 g/mol. The SMILES string of the molecule is COc1cn(CC(=O)c2cnccn2)c(=O)cc1-c1cc(NCc2ccc(Cl)s2)n(C(=O)c2ccccc2C(F)(F)F)n1. The summed E-state index contributed by atoms with van der Waals surface area (Å²) in [5, 5.41) is 7.30. The van der Waals surface area contributed by atoms with Crippen LogP contribution in [0.5, 0.6) is 5.75 Å². The van der Waals surface area contributed by atoms with Gasteiger partial charge < -0.3 is 14.6 Å². The van der Waals surface area contributed by atoms with Crippen LogP contribution in [-0.2, 0) is 19.3 Å². The maximum Gasteiger partial charge on any atom is 0.417 e. The maximum absolute atomic E-state index is 13.8. The first kappa shape index (κ1) is 29.7. The molecular weight excluding hydrogens is 609 g/mol. The summed E-state index contributed by atoms with van der Waals surface area (Å²) in [6, 6.07) is 10.4. The van der Waals surface area contributed by atoms with Crippen molar-refractivity contribution < 1.29 is 27.5 Å². The molecule has 220 valence electrons. The summed E-state index contributed by atoms with van der Waals surface area (Å²) in [5.41, 5.74) is -2.06. The topological polar surface area (TPSA) is 121 Å². The number of benzene rings is 1. The molecule has 43 heavy (non-hydrogen) atoms. The number of aromatic nitrogens is 5. The van der Waals surface area contributed by atoms with Crippen molar-refractivity contribution in [3.8, 4) is 17.0 Å². The molecule has 0 bridgehead atoms.